The average Bonchev–Trinajstić information content (AvgIpc) is 2.35. The lowest BCUT2D eigenvalue weighted by molar-refractivity contribution is -0.714. The van der Waals surface area contributed by atoms with Gasteiger partial charge in [0, 0.05) is 12.1 Å². The van der Waals surface area contributed by atoms with Crippen LogP contribution in [-0.4, -0.2) is 11.1 Å². The molecule has 0 amide bonds. The molecule has 0 unspecified atom stereocenters. The van der Waals surface area contributed by atoms with Crippen molar-refractivity contribution in [3.63, 3.8) is 0 Å². The van der Waals surface area contributed by atoms with Crippen molar-refractivity contribution < 1.29 is 9.88 Å². The van der Waals surface area contributed by atoms with Crippen molar-refractivity contribution in [2.24, 2.45) is 0 Å². The molecule has 116 valence electrons. The van der Waals surface area contributed by atoms with Gasteiger partial charge in [-0.05, 0) is 46.9 Å². The molecule has 0 aliphatic carbocycles. The Hall–Kier alpha value is -1.46. The summed E-state index contributed by atoms with van der Waals surface area (Å²) in [6.45, 7) is 12.9. The molecule has 0 radical (unpaired) electrons. The third-order valence-electron chi connectivity index (χ3n) is 4.72. The molecule has 3 heterocycles. The fourth-order valence-electron chi connectivity index (χ4n) is 3.51. The van der Waals surface area contributed by atoms with E-state index < -0.39 is 0 Å². The van der Waals surface area contributed by atoms with E-state index in [4.69, 9.17) is 9.88 Å². The minimum Gasteiger partial charge on any atom is -0.0554 e. The van der Waals surface area contributed by atoms with Crippen molar-refractivity contribution in [1.82, 2.24) is 9.62 Å². The number of hydrogen-bond donors (Lipinski definition) is 0. The van der Waals surface area contributed by atoms with Gasteiger partial charge >= 0.3 is 0 Å². The van der Waals surface area contributed by atoms with Crippen molar-refractivity contribution in [1.29, 1.82) is 0 Å². The summed E-state index contributed by atoms with van der Waals surface area (Å²) in [5.74, 6) is 0. The highest BCUT2D eigenvalue weighted by atomic mass is 17.4. The Kier molecular flexibility index (Phi) is 2.39. The molecule has 0 atom stereocenters. The average molecular weight is 300 g/mol. The Bertz CT molecular complexity index is 717. The second-order valence-corrected chi connectivity index (χ2v) is 8.26. The highest BCUT2D eigenvalue weighted by molar-refractivity contribution is 6.03. The van der Waals surface area contributed by atoms with Gasteiger partial charge in [0.15, 0.2) is 11.1 Å². The van der Waals surface area contributed by atoms with Crippen LogP contribution in [0.5, 0.6) is 0 Å². The SMILES string of the molecule is CC(C)(C)[N+]12O[N+](C(C)(C)C)(O1)c1cccc3cccc2c13. The van der Waals surface area contributed by atoms with Crippen LogP contribution in [0, 0.1) is 0 Å². The molecule has 0 saturated carbocycles. The van der Waals surface area contributed by atoms with Gasteiger partial charge in [0.25, 0.3) is 0 Å². The standard InChI is InChI=1S/C18H24N2O2/c1-17(2,3)19-14-11-7-9-13-10-8-12-15(16(13)14)20(21-19,22-19)18(4,5)6/h7-12H,1-6H3/q+2. The Morgan fingerprint density at radius 2 is 1.09 bits per heavy atom. The Labute approximate surface area is 131 Å². The van der Waals surface area contributed by atoms with E-state index in [-0.39, 0.29) is 20.7 Å². The van der Waals surface area contributed by atoms with Gasteiger partial charge in [-0.15, -0.1) is 0 Å². The summed E-state index contributed by atoms with van der Waals surface area (Å²) in [4.78, 5) is 13.3. The number of benzene rings is 2. The zero-order chi connectivity index (χ0) is 16.0. The van der Waals surface area contributed by atoms with E-state index >= 15 is 0 Å². The third-order valence-corrected chi connectivity index (χ3v) is 4.72. The van der Waals surface area contributed by atoms with Gasteiger partial charge in [-0.25, -0.2) is 0 Å². The first kappa shape index (κ1) is 14.2. The van der Waals surface area contributed by atoms with E-state index in [1.165, 1.54) is 10.8 Å². The number of quaternary nitrogens is 2. The van der Waals surface area contributed by atoms with Crippen LogP contribution in [-0.2, 0) is 9.88 Å². The van der Waals surface area contributed by atoms with Crippen LogP contribution in [0.1, 0.15) is 41.5 Å². The van der Waals surface area contributed by atoms with Crippen LogP contribution in [0.4, 0.5) is 11.4 Å². The molecule has 0 aromatic heterocycles. The summed E-state index contributed by atoms with van der Waals surface area (Å²) in [5, 5.41) is 2.49. The summed E-state index contributed by atoms with van der Waals surface area (Å²) in [5.41, 5.74) is 1.75. The smallest absolute Gasteiger partial charge is 0.0554 e. The Balaban J connectivity index is 2.13. The van der Waals surface area contributed by atoms with Crippen LogP contribution in [0.2, 0.25) is 0 Å². The van der Waals surface area contributed by atoms with Crippen LogP contribution in [0.15, 0.2) is 36.4 Å². The summed E-state index contributed by atoms with van der Waals surface area (Å²) in [6, 6.07) is 12.7. The van der Waals surface area contributed by atoms with Crippen molar-refractivity contribution in [3.8, 4) is 0 Å². The first-order valence-corrected chi connectivity index (χ1v) is 7.86. The molecule has 1 saturated heterocycles. The lowest BCUT2D eigenvalue weighted by Gasteiger charge is -2.56. The molecule has 2 aromatic rings. The lowest BCUT2D eigenvalue weighted by atomic mass is 9.97. The number of nitrogens with zero attached hydrogens (tertiary/aromatic N) is 2. The predicted octanol–water partition coefficient (Wildman–Crippen LogP) is 4.77. The molecule has 4 nitrogen and oxygen atoms in total. The van der Waals surface area contributed by atoms with Gasteiger partial charge in [-0.2, -0.15) is 0 Å². The second-order valence-electron chi connectivity index (χ2n) is 8.26. The second kappa shape index (κ2) is 3.71. The summed E-state index contributed by atoms with van der Waals surface area (Å²) >= 11 is 0. The van der Waals surface area contributed by atoms with Crippen molar-refractivity contribution >= 4 is 22.1 Å². The fraction of sp³-hybridized carbons (Fsp3) is 0.444. The minimum atomic E-state index is -0.213. The maximum absolute atomic E-state index is 6.55. The molecule has 1 fully saturated rings. The van der Waals surface area contributed by atoms with Gasteiger partial charge < -0.3 is 0 Å². The zero-order valence-electron chi connectivity index (χ0n) is 14.2. The molecular formula is C18H24N2O2+2. The third kappa shape index (κ3) is 1.37. The van der Waals surface area contributed by atoms with Crippen LogP contribution in [0.25, 0.3) is 10.8 Å². The van der Waals surface area contributed by atoms with Gasteiger partial charge in [0.1, 0.15) is 15.0 Å². The van der Waals surface area contributed by atoms with E-state index in [9.17, 15) is 0 Å². The Morgan fingerprint density at radius 3 is 1.45 bits per heavy atom. The van der Waals surface area contributed by atoms with Crippen LogP contribution in [0.3, 0.4) is 0 Å². The van der Waals surface area contributed by atoms with Crippen molar-refractivity contribution in [2.75, 3.05) is 0 Å². The molecule has 0 spiro atoms. The number of hydrogen-bond acceptors (Lipinski definition) is 2. The Morgan fingerprint density at radius 1 is 0.682 bits per heavy atom. The molecule has 22 heavy (non-hydrogen) atoms. The highest BCUT2D eigenvalue weighted by Gasteiger charge is 2.81. The van der Waals surface area contributed by atoms with Crippen LogP contribution >= 0.6 is 0 Å². The highest BCUT2D eigenvalue weighted by Crippen LogP contribution is 2.60. The molecule has 3 aliphatic rings. The summed E-state index contributed by atoms with van der Waals surface area (Å²) in [7, 11) is 0. The van der Waals surface area contributed by atoms with Gasteiger partial charge in [-0.1, -0.05) is 24.3 Å². The van der Waals surface area contributed by atoms with Crippen molar-refractivity contribution in [2.45, 2.75) is 52.6 Å². The van der Waals surface area contributed by atoms with E-state index in [0.29, 0.717) is 0 Å². The minimum absolute atomic E-state index is 0.110. The molecule has 5 rings (SSSR count). The maximum atomic E-state index is 6.55. The van der Waals surface area contributed by atoms with E-state index in [0.717, 1.165) is 11.4 Å². The molecular weight excluding hydrogens is 276 g/mol. The largest absolute Gasteiger partial charge is 0.226 e. The predicted molar refractivity (Wildman–Crippen MR) is 89.2 cm³/mol. The fourth-order valence-corrected chi connectivity index (χ4v) is 3.51. The first-order valence-electron chi connectivity index (χ1n) is 7.86. The molecule has 0 N–H and O–H groups in total. The number of rotatable bonds is 0. The molecule has 4 heteroatoms. The number of hydroxylamine groups is 4. The van der Waals surface area contributed by atoms with Gasteiger partial charge in [-0.3, -0.25) is 0 Å². The van der Waals surface area contributed by atoms with Crippen LogP contribution < -0.4 is 9.62 Å². The lowest BCUT2D eigenvalue weighted by Crippen LogP contribution is -2.88. The van der Waals surface area contributed by atoms with E-state index in [2.05, 4.69) is 77.9 Å². The molecule has 2 bridgehead atoms. The topological polar surface area (TPSA) is 18.5 Å². The van der Waals surface area contributed by atoms with Gasteiger partial charge in [0.05, 0.1) is 9.88 Å². The van der Waals surface area contributed by atoms with Gasteiger partial charge in [0.2, 0.25) is 11.4 Å². The van der Waals surface area contributed by atoms with Crippen molar-refractivity contribution in [3.05, 3.63) is 36.4 Å². The maximum Gasteiger partial charge on any atom is 0.226 e. The van der Waals surface area contributed by atoms with E-state index in [1.54, 1.807) is 0 Å². The monoisotopic (exact) mass is 300 g/mol. The molecule has 2 aromatic carbocycles. The first-order chi connectivity index (χ1) is 10.1. The quantitative estimate of drug-likeness (QED) is 0.652. The normalized spacial score (nSPS) is 30.3. The summed E-state index contributed by atoms with van der Waals surface area (Å²) in [6.07, 6.45) is 0. The molecule has 3 aliphatic heterocycles. The van der Waals surface area contributed by atoms with E-state index in [1.807, 2.05) is 0 Å². The zero-order valence-corrected chi connectivity index (χ0v) is 14.2. The summed E-state index contributed by atoms with van der Waals surface area (Å²) < 4.78 is 0.